The van der Waals surface area contributed by atoms with Crippen molar-refractivity contribution in [1.29, 1.82) is 0 Å². The van der Waals surface area contributed by atoms with Gasteiger partial charge in [-0.25, -0.2) is 4.39 Å². The molecule has 0 unspecified atom stereocenters. The van der Waals surface area contributed by atoms with E-state index >= 15 is 0 Å². The highest BCUT2D eigenvalue weighted by molar-refractivity contribution is 6.31. The van der Waals surface area contributed by atoms with Gasteiger partial charge >= 0.3 is 0 Å². The minimum absolute atomic E-state index is 0.281. The molecule has 0 aliphatic rings. The van der Waals surface area contributed by atoms with Crippen LogP contribution in [0.4, 0.5) is 4.39 Å². The lowest BCUT2D eigenvalue weighted by Crippen LogP contribution is -1.86. The lowest BCUT2D eigenvalue weighted by molar-refractivity contribution is 0.631. The molecule has 0 saturated carbocycles. The lowest BCUT2D eigenvalue weighted by Gasteiger charge is -2.06. The molecule has 0 aromatic heterocycles. The molecule has 0 aliphatic heterocycles. The van der Waals surface area contributed by atoms with Crippen LogP contribution in [-0.2, 0) is 0 Å². The standard InChI is InChI=1S/C13H10ClF/c1-9-7-11(13(15)8-12(9)14)10-5-3-2-4-6-10/h2-8H,1H3. The van der Waals surface area contributed by atoms with E-state index in [1.54, 1.807) is 6.07 Å². The number of hydrogen-bond acceptors (Lipinski definition) is 0. The summed E-state index contributed by atoms with van der Waals surface area (Å²) >= 11 is 5.83. The van der Waals surface area contributed by atoms with Gasteiger partial charge in [-0.2, -0.15) is 0 Å². The zero-order valence-electron chi connectivity index (χ0n) is 8.30. The summed E-state index contributed by atoms with van der Waals surface area (Å²) in [5.74, 6) is -0.281. The van der Waals surface area contributed by atoms with Gasteiger partial charge in [0.1, 0.15) is 5.82 Å². The van der Waals surface area contributed by atoms with Crippen LogP contribution >= 0.6 is 11.6 Å². The first kappa shape index (κ1) is 10.2. The van der Waals surface area contributed by atoms with Crippen LogP contribution in [0.15, 0.2) is 42.5 Å². The first-order valence-corrected chi connectivity index (χ1v) is 5.07. The van der Waals surface area contributed by atoms with Crippen LogP contribution in [-0.4, -0.2) is 0 Å². The van der Waals surface area contributed by atoms with Gasteiger partial charge in [-0.15, -0.1) is 0 Å². The Morgan fingerprint density at radius 3 is 2.40 bits per heavy atom. The summed E-state index contributed by atoms with van der Waals surface area (Å²) in [7, 11) is 0. The zero-order chi connectivity index (χ0) is 10.8. The molecule has 0 atom stereocenters. The predicted molar refractivity (Wildman–Crippen MR) is 61.6 cm³/mol. The lowest BCUT2D eigenvalue weighted by atomic mass is 10.0. The second-order valence-electron chi connectivity index (χ2n) is 3.45. The maximum absolute atomic E-state index is 13.6. The Labute approximate surface area is 93.3 Å². The Morgan fingerprint density at radius 1 is 1.07 bits per heavy atom. The fourth-order valence-corrected chi connectivity index (χ4v) is 1.65. The summed E-state index contributed by atoms with van der Waals surface area (Å²) in [5, 5.41) is 0.465. The second kappa shape index (κ2) is 4.03. The van der Waals surface area contributed by atoms with Crippen LogP contribution in [0.3, 0.4) is 0 Å². The monoisotopic (exact) mass is 220 g/mol. The van der Waals surface area contributed by atoms with Gasteiger partial charge in [0.2, 0.25) is 0 Å². The largest absolute Gasteiger partial charge is 0.206 e. The van der Waals surface area contributed by atoms with Crippen LogP contribution in [0, 0.1) is 12.7 Å². The van der Waals surface area contributed by atoms with Crippen LogP contribution < -0.4 is 0 Å². The van der Waals surface area contributed by atoms with Crippen LogP contribution in [0.5, 0.6) is 0 Å². The van der Waals surface area contributed by atoms with E-state index in [1.807, 2.05) is 37.3 Å². The van der Waals surface area contributed by atoms with Crippen molar-refractivity contribution in [2.45, 2.75) is 6.92 Å². The number of aryl methyl sites for hydroxylation is 1. The molecule has 0 amide bonds. The highest BCUT2D eigenvalue weighted by atomic mass is 35.5. The molecule has 0 nitrogen and oxygen atoms in total. The molecular weight excluding hydrogens is 211 g/mol. The smallest absolute Gasteiger partial charge is 0.132 e. The average molecular weight is 221 g/mol. The first-order valence-electron chi connectivity index (χ1n) is 4.69. The van der Waals surface area contributed by atoms with E-state index in [2.05, 4.69) is 0 Å². The first-order chi connectivity index (χ1) is 7.18. The summed E-state index contributed by atoms with van der Waals surface area (Å²) in [5.41, 5.74) is 2.35. The Morgan fingerprint density at radius 2 is 1.73 bits per heavy atom. The van der Waals surface area contributed by atoms with Gasteiger partial charge in [-0.1, -0.05) is 41.9 Å². The van der Waals surface area contributed by atoms with Crippen molar-refractivity contribution in [2.24, 2.45) is 0 Å². The molecule has 2 aromatic carbocycles. The zero-order valence-corrected chi connectivity index (χ0v) is 9.05. The van der Waals surface area contributed by atoms with Crippen LogP contribution in [0.25, 0.3) is 11.1 Å². The van der Waals surface area contributed by atoms with Crippen molar-refractivity contribution in [2.75, 3.05) is 0 Å². The molecule has 76 valence electrons. The maximum atomic E-state index is 13.6. The normalized spacial score (nSPS) is 10.3. The minimum atomic E-state index is -0.281. The fraction of sp³-hybridized carbons (Fsp3) is 0.0769. The molecule has 15 heavy (non-hydrogen) atoms. The third-order valence-electron chi connectivity index (χ3n) is 2.33. The molecule has 0 spiro atoms. The second-order valence-corrected chi connectivity index (χ2v) is 3.85. The molecule has 0 fully saturated rings. The molecule has 2 rings (SSSR count). The molecule has 0 radical (unpaired) electrons. The highest BCUT2D eigenvalue weighted by Gasteiger charge is 2.07. The third-order valence-corrected chi connectivity index (χ3v) is 2.74. The van der Waals surface area contributed by atoms with E-state index in [4.69, 9.17) is 11.6 Å². The van der Waals surface area contributed by atoms with Gasteiger partial charge in [0.15, 0.2) is 0 Å². The van der Waals surface area contributed by atoms with Crippen LogP contribution in [0.1, 0.15) is 5.56 Å². The summed E-state index contributed by atoms with van der Waals surface area (Å²) in [6.07, 6.45) is 0. The number of hydrogen-bond donors (Lipinski definition) is 0. The van der Waals surface area contributed by atoms with E-state index < -0.39 is 0 Å². The van der Waals surface area contributed by atoms with E-state index in [1.165, 1.54) is 6.07 Å². The topological polar surface area (TPSA) is 0 Å². The molecule has 2 aromatic rings. The van der Waals surface area contributed by atoms with E-state index in [9.17, 15) is 4.39 Å². The Kier molecular flexibility index (Phi) is 2.74. The molecule has 0 aliphatic carbocycles. The van der Waals surface area contributed by atoms with Crippen molar-refractivity contribution in [3.8, 4) is 11.1 Å². The molecular formula is C13H10ClF. The number of halogens is 2. The Hall–Kier alpha value is -1.34. The van der Waals surface area contributed by atoms with Crippen molar-refractivity contribution >= 4 is 11.6 Å². The summed E-state index contributed by atoms with van der Waals surface area (Å²) in [4.78, 5) is 0. The summed E-state index contributed by atoms with van der Waals surface area (Å²) in [6, 6.07) is 12.6. The van der Waals surface area contributed by atoms with Gasteiger partial charge in [-0.05, 0) is 30.2 Å². The highest BCUT2D eigenvalue weighted by Crippen LogP contribution is 2.27. The molecule has 2 heteroatoms. The number of rotatable bonds is 1. The fourth-order valence-electron chi connectivity index (χ4n) is 1.50. The van der Waals surface area contributed by atoms with E-state index in [-0.39, 0.29) is 5.82 Å². The van der Waals surface area contributed by atoms with Crippen molar-refractivity contribution in [1.82, 2.24) is 0 Å². The van der Waals surface area contributed by atoms with Gasteiger partial charge in [0.25, 0.3) is 0 Å². The average Bonchev–Trinajstić information content (AvgIpc) is 2.25. The van der Waals surface area contributed by atoms with Crippen molar-refractivity contribution in [3.05, 3.63) is 58.9 Å². The van der Waals surface area contributed by atoms with Crippen LogP contribution in [0.2, 0.25) is 5.02 Å². The van der Waals surface area contributed by atoms with Crippen molar-refractivity contribution in [3.63, 3.8) is 0 Å². The molecule has 0 bridgehead atoms. The van der Waals surface area contributed by atoms with E-state index in [0.29, 0.717) is 10.6 Å². The maximum Gasteiger partial charge on any atom is 0.132 e. The van der Waals surface area contributed by atoms with Gasteiger partial charge in [0, 0.05) is 10.6 Å². The quantitative estimate of drug-likeness (QED) is 0.666. The molecule has 0 N–H and O–H groups in total. The SMILES string of the molecule is Cc1cc(-c2ccccc2)c(F)cc1Cl. The summed E-state index contributed by atoms with van der Waals surface area (Å²) < 4.78 is 13.6. The third kappa shape index (κ3) is 2.02. The predicted octanol–water partition coefficient (Wildman–Crippen LogP) is 4.45. The molecule has 0 heterocycles. The van der Waals surface area contributed by atoms with E-state index in [0.717, 1.165) is 11.1 Å². The van der Waals surface area contributed by atoms with Gasteiger partial charge in [0.05, 0.1) is 0 Å². The Balaban J connectivity index is 2.59. The van der Waals surface area contributed by atoms with Gasteiger partial charge in [-0.3, -0.25) is 0 Å². The Bertz CT molecular complexity index is 477. The minimum Gasteiger partial charge on any atom is -0.206 e. The van der Waals surface area contributed by atoms with Gasteiger partial charge < -0.3 is 0 Å². The number of benzene rings is 2. The molecule has 0 saturated heterocycles. The van der Waals surface area contributed by atoms with Crippen molar-refractivity contribution < 1.29 is 4.39 Å². The summed E-state index contributed by atoms with van der Waals surface area (Å²) in [6.45, 7) is 1.87.